The van der Waals surface area contributed by atoms with Crippen molar-refractivity contribution in [1.82, 2.24) is 10.2 Å². The van der Waals surface area contributed by atoms with E-state index in [1.54, 1.807) is 24.4 Å². The number of nitrogens with zero attached hydrogens (tertiary/aromatic N) is 1. The Kier molecular flexibility index (Phi) is 2.90. The SMILES string of the molecule is COc1cc(OC)c2c(=O)cc(-c3ccn[nH]3)oc2c1. The van der Waals surface area contributed by atoms with Gasteiger partial charge in [0.25, 0.3) is 0 Å². The van der Waals surface area contributed by atoms with Gasteiger partial charge in [-0.05, 0) is 6.07 Å². The van der Waals surface area contributed by atoms with Crippen molar-refractivity contribution in [3.05, 3.63) is 40.7 Å². The first-order valence-electron chi connectivity index (χ1n) is 5.92. The highest BCUT2D eigenvalue weighted by Gasteiger charge is 2.13. The van der Waals surface area contributed by atoms with Crippen LogP contribution in [0, 0.1) is 0 Å². The molecule has 2 aromatic heterocycles. The van der Waals surface area contributed by atoms with E-state index in [0.29, 0.717) is 33.9 Å². The maximum atomic E-state index is 12.3. The number of hydrogen-bond donors (Lipinski definition) is 1. The highest BCUT2D eigenvalue weighted by Crippen LogP contribution is 2.30. The summed E-state index contributed by atoms with van der Waals surface area (Å²) in [6, 6.07) is 6.43. The molecular formula is C14H12N2O4. The van der Waals surface area contributed by atoms with Gasteiger partial charge in [-0.2, -0.15) is 5.10 Å². The Morgan fingerprint density at radius 1 is 1.20 bits per heavy atom. The molecule has 1 N–H and O–H groups in total. The summed E-state index contributed by atoms with van der Waals surface area (Å²) >= 11 is 0. The molecule has 0 spiro atoms. The van der Waals surface area contributed by atoms with E-state index in [1.807, 2.05) is 0 Å². The summed E-state index contributed by atoms with van der Waals surface area (Å²) in [5.41, 5.74) is 0.847. The molecule has 0 aliphatic carbocycles. The molecule has 6 nitrogen and oxygen atoms in total. The molecule has 0 bridgehead atoms. The maximum Gasteiger partial charge on any atom is 0.197 e. The Labute approximate surface area is 113 Å². The van der Waals surface area contributed by atoms with Gasteiger partial charge in [0, 0.05) is 24.4 Å². The Morgan fingerprint density at radius 3 is 2.70 bits per heavy atom. The quantitative estimate of drug-likeness (QED) is 0.790. The van der Waals surface area contributed by atoms with Gasteiger partial charge in [0.15, 0.2) is 11.2 Å². The van der Waals surface area contributed by atoms with E-state index in [0.717, 1.165) is 0 Å². The van der Waals surface area contributed by atoms with Crippen LogP contribution in [0.1, 0.15) is 0 Å². The Hall–Kier alpha value is -2.76. The number of aromatic amines is 1. The second-order valence-corrected chi connectivity index (χ2v) is 4.15. The summed E-state index contributed by atoms with van der Waals surface area (Å²) < 4.78 is 16.1. The summed E-state index contributed by atoms with van der Waals surface area (Å²) in [5, 5.41) is 6.98. The smallest absolute Gasteiger partial charge is 0.197 e. The highest BCUT2D eigenvalue weighted by molar-refractivity contribution is 5.86. The van der Waals surface area contributed by atoms with Crippen LogP contribution in [0.4, 0.5) is 0 Å². The van der Waals surface area contributed by atoms with Crippen LogP contribution in [0.3, 0.4) is 0 Å². The number of benzene rings is 1. The molecular weight excluding hydrogens is 260 g/mol. The third-order valence-corrected chi connectivity index (χ3v) is 2.99. The van der Waals surface area contributed by atoms with E-state index in [2.05, 4.69) is 10.2 Å². The van der Waals surface area contributed by atoms with Crippen LogP contribution in [0.2, 0.25) is 0 Å². The largest absolute Gasteiger partial charge is 0.496 e. The van der Waals surface area contributed by atoms with Gasteiger partial charge in [0.05, 0.1) is 14.2 Å². The van der Waals surface area contributed by atoms with Crippen molar-refractivity contribution in [2.75, 3.05) is 14.2 Å². The van der Waals surface area contributed by atoms with Gasteiger partial charge in [-0.25, -0.2) is 0 Å². The van der Waals surface area contributed by atoms with E-state index < -0.39 is 0 Å². The fourth-order valence-corrected chi connectivity index (χ4v) is 2.03. The van der Waals surface area contributed by atoms with Crippen LogP contribution >= 0.6 is 0 Å². The molecule has 20 heavy (non-hydrogen) atoms. The molecule has 0 unspecified atom stereocenters. The molecule has 0 fully saturated rings. The van der Waals surface area contributed by atoms with Crippen LogP contribution in [0.5, 0.6) is 11.5 Å². The summed E-state index contributed by atoms with van der Waals surface area (Å²) in [4.78, 5) is 12.3. The van der Waals surface area contributed by atoms with E-state index in [1.165, 1.54) is 20.3 Å². The summed E-state index contributed by atoms with van der Waals surface area (Å²) in [7, 11) is 3.04. The Bertz CT molecular complexity index is 806. The maximum absolute atomic E-state index is 12.3. The first kappa shape index (κ1) is 12.3. The molecule has 0 amide bonds. The fourth-order valence-electron chi connectivity index (χ4n) is 2.03. The number of ether oxygens (including phenoxy) is 2. The molecule has 3 rings (SSSR count). The minimum atomic E-state index is -0.185. The van der Waals surface area contributed by atoms with Gasteiger partial charge in [-0.1, -0.05) is 0 Å². The molecule has 1 aromatic carbocycles. The molecule has 0 aliphatic heterocycles. The summed E-state index contributed by atoms with van der Waals surface area (Å²) in [5.74, 6) is 1.39. The van der Waals surface area contributed by atoms with Gasteiger partial charge in [-0.3, -0.25) is 9.89 Å². The van der Waals surface area contributed by atoms with Crippen molar-refractivity contribution in [2.24, 2.45) is 0 Å². The Balaban J connectivity index is 2.33. The molecule has 0 atom stereocenters. The van der Waals surface area contributed by atoms with Crippen molar-refractivity contribution in [3.63, 3.8) is 0 Å². The molecule has 0 radical (unpaired) electrons. The van der Waals surface area contributed by atoms with Crippen LogP contribution < -0.4 is 14.9 Å². The molecule has 3 aromatic rings. The number of rotatable bonds is 3. The average molecular weight is 272 g/mol. The van der Waals surface area contributed by atoms with Crippen LogP contribution in [0.25, 0.3) is 22.4 Å². The topological polar surface area (TPSA) is 77.4 Å². The molecule has 0 saturated heterocycles. The first-order valence-corrected chi connectivity index (χ1v) is 5.92. The molecule has 2 heterocycles. The van der Waals surface area contributed by atoms with Gasteiger partial charge >= 0.3 is 0 Å². The molecule has 6 heteroatoms. The van der Waals surface area contributed by atoms with Gasteiger partial charge in [0.1, 0.15) is 28.2 Å². The molecule has 102 valence electrons. The number of aromatic nitrogens is 2. The zero-order valence-electron chi connectivity index (χ0n) is 11.0. The second kappa shape index (κ2) is 4.73. The van der Waals surface area contributed by atoms with E-state index in [9.17, 15) is 4.79 Å². The van der Waals surface area contributed by atoms with Gasteiger partial charge in [-0.15, -0.1) is 0 Å². The second-order valence-electron chi connectivity index (χ2n) is 4.15. The first-order chi connectivity index (χ1) is 9.72. The molecule has 0 aliphatic rings. The number of nitrogens with one attached hydrogen (secondary N) is 1. The average Bonchev–Trinajstić information content (AvgIpc) is 2.99. The van der Waals surface area contributed by atoms with Crippen molar-refractivity contribution >= 4 is 11.0 Å². The predicted molar refractivity (Wildman–Crippen MR) is 73.2 cm³/mol. The number of methoxy groups -OCH3 is 2. The standard InChI is InChI=1S/C14H12N2O4/c1-18-8-5-12(19-2)14-10(17)7-11(20-13(14)6-8)9-3-4-15-16-9/h3-7H,1-2H3,(H,15,16). The lowest BCUT2D eigenvalue weighted by Crippen LogP contribution is -2.03. The van der Waals surface area contributed by atoms with Crippen molar-refractivity contribution in [2.45, 2.75) is 0 Å². The predicted octanol–water partition coefficient (Wildman–Crippen LogP) is 2.20. The lowest BCUT2D eigenvalue weighted by Gasteiger charge is -2.08. The van der Waals surface area contributed by atoms with Crippen molar-refractivity contribution in [3.8, 4) is 23.0 Å². The van der Waals surface area contributed by atoms with E-state index >= 15 is 0 Å². The van der Waals surface area contributed by atoms with Crippen LogP contribution in [-0.2, 0) is 0 Å². The number of hydrogen-bond acceptors (Lipinski definition) is 5. The third kappa shape index (κ3) is 1.91. The fraction of sp³-hybridized carbons (Fsp3) is 0.143. The number of H-pyrrole nitrogens is 1. The highest BCUT2D eigenvalue weighted by atomic mass is 16.5. The van der Waals surface area contributed by atoms with E-state index in [-0.39, 0.29) is 5.43 Å². The monoisotopic (exact) mass is 272 g/mol. The zero-order valence-corrected chi connectivity index (χ0v) is 11.0. The minimum absolute atomic E-state index is 0.185. The minimum Gasteiger partial charge on any atom is -0.496 e. The third-order valence-electron chi connectivity index (χ3n) is 2.99. The zero-order chi connectivity index (χ0) is 14.1. The lowest BCUT2D eigenvalue weighted by molar-refractivity contribution is 0.396. The normalized spacial score (nSPS) is 10.7. The lowest BCUT2D eigenvalue weighted by atomic mass is 10.1. The van der Waals surface area contributed by atoms with Crippen LogP contribution in [0.15, 0.2) is 39.7 Å². The number of fused-ring (bicyclic) bond motifs is 1. The summed E-state index contributed by atoms with van der Waals surface area (Å²) in [6.45, 7) is 0. The van der Waals surface area contributed by atoms with E-state index in [4.69, 9.17) is 13.9 Å². The Morgan fingerprint density at radius 2 is 2.05 bits per heavy atom. The summed E-state index contributed by atoms with van der Waals surface area (Å²) in [6.07, 6.45) is 1.59. The van der Waals surface area contributed by atoms with Gasteiger partial charge in [0.2, 0.25) is 0 Å². The van der Waals surface area contributed by atoms with Gasteiger partial charge < -0.3 is 13.9 Å². The molecule has 0 saturated carbocycles. The van der Waals surface area contributed by atoms with Crippen LogP contribution in [-0.4, -0.2) is 24.4 Å². The van der Waals surface area contributed by atoms with Crippen molar-refractivity contribution < 1.29 is 13.9 Å². The van der Waals surface area contributed by atoms with Crippen molar-refractivity contribution in [1.29, 1.82) is 0 Å².